The summed E-state index contributed by atoms with van der Waals surface area (Å²) >= 11 is 0. The first-order valence-electron chi connectivity index (χ1n) is 9.68. The minimum atomic E-state index is -3.96. The fourth-order valence-corrected chi connectivity index (χ4v) is 4.22. The summed E-state index contributed by atoms with van der Waals surface area (Å²) < 4.78 is 37.1. The third kappa shape index (κ3) is 7.47. The zero-order valence-corrected chi connectivity index (χ0v) is 15.8. The van der Waals surface area contributed by atoms with Crippen LogP contribution in [0.5, 0.6) is 0 Å². The summed E-state index contributed by atoms with van der Waals surface area (Å²) in [6, 6.07) is 0. The molecule has 2 aliphatic rings. The first-order chi connectivity index (χ1) is 10.6. The number of hydrogen-bond acceptors (Lipinski definition) is 0. The van der Waals surface area contributed by atoms with Crippen molar-refractivity contribution in [1.29, 1.82) is 0 Å². The molecule has 2 unspecified atom stereocenters. The predicted molar refractivity (Wildman–Crippen MR) is 92.3 cm³/mol. The van der Waals surface area contributed by atoms with Crippen LogP contribution in [0.25, 0.3) is 0 Å². The molecule has 0 aliphatic heterocycles. The fraction of sp³-hybridized carbons (Fsp3) is 1.00. The summed E-state index contributed by atoms with van der Waals surface area (Å²) in [6.07, 6.45) is 4.37. The molecule has 0 nitrogen and oxygen atoms in total. The molecule has 0 amide bonds. The topological polar surface area (TPSA) is 0 Å². The predicted octanol–water partition coefficient (Wildman–Crippen LogP) is 7.48. The Bertz CT molecular complexity index is 319. The van der Waals surface area contributed by atoms with E-state index in [9.17, 15) is 13.2 Å². The van der Waals surface area contributed by atoms with Gasteiger partial charge in [-0.15, -0.1) is 0 Å². The standard InChI is InChI=1S/C10H17F3.C10H20/c1-7(2)8-4-3-5-9(6-8)10(11,12)13;1-8(2)10-6-4-5-9(3)7-10/h7-9H,3-6H2,1-2H3;8-10H,4-7H2,1-3H3/t8?,9-;9-,10?/m01/s1. The molecule has 2 saturated carbocycles. The Morgan fingerprint density at radius 1 is 0.739 bits per heavy atom. The molecular weight excluding hydrogens is 297 g/mol. The molecule has 0 heterocycles. The fourth-order valence-electron chi connectivity index (χ4n) is 4.22. The molecule has 3 heteroatoms. The molecule has 0 bridgehead atoms. The molecule has 2 rings (SSSR count). The minimum Gasteiger partial charge on any atom is -0.171 e. The maximum atomic E-state index is 12.4. The molecule has 0 aromatic carbocycles. The van der Waals surface area contributed by atoms with Crippen molar-refractivity contribution in [2.75, 3.05) is 0 Å². The van der Waals surface area contributed by atoms with Crippen LogP contribution >= 0.6 is 0 Å². The van der Waals surface area contributed by atoms with E-state index >= 15 is 0 Å². The van der Waals surface area contributed by atoms with Gasteiger partial charge in [0.2, 0.25) is 0 Å². The van der Waals surface area contributed by atoms with E-state index in [1.165, 1.54) is 25.7 Å². The second kappa shape index (κ2) is 9.32. The van der Waals surface area contributed by atoms with Crippen molar-refractivity contribution < 1.29 is 13.2 Å². The van der Waals surface area contributed by atoms with Gasteiger partial charge in [-0.3, -0.25) is 0 Å². The van der Waals surface area contributed by atoms with Crippen molar-refractivity contribution >= 4 is 0 Å². The normalized spacial score (nSPS) is 32.6. The van der Waals surface area contributed by atoms with Crippen LogP contribution in [-0.4, -0.2) is 6.18 Å². The molecular formula is C20H37F3. The molecule has 138 valence electrons. The molecule has 2 aliphatic carbocycles. The van der Waals surface area contributed by atoms with Gasteiger partial charge in [0.15, 0.2) is 0 Å². The summed E-state index contributed by atoms with van der Waals surface area (Å²) in [7, 11) is 0. The summed E-state index contributed by atoms with van der Waals surface area (Å²) in [5.41, 5.74) is 0. The first-order valence-corrected chi connectivity index (χ1v) is 9.68. The van der Waals surface area contributed by atoms with E-state index in [2.05, 4.69) is 20.8 Å². The summed E-state index contributed by atoms with van der Waals surface area (Å²) in [5.74, 6) is 2.59. The molecule has 4 atom stereocenters. The lowest BCUT2D eigenvalue weighted by molar-refractivity contribution is -0.186. The van der Waals surface area contributed by atoms with E-state index in [4.69, 9.17) is 0 Å². The van der Waals surface area contributed by atoms with E-state index in [0.717, 1.165) is 30.6 Å². The quantitative estimate of drug-likeness (QED) is 0.491. The van der Waals surface area contributed by atoms with E-state index in [-0.39, 0.29) is 5.92 Å². The lowest BCUT2D eigenvalue weighted by Crippen LogP contribution is -2.30. The Hall–Kier alpha value is -0.210. The molecule has 0 aromatic rings. The Labute approximate surface area is 141 Å². The van der Waals surface area contributed by atoms with Crippen LogP contribution in [0.2, 0.25) is 0 Å². The molecule has 23 heavy (non-hydrogen) atoms. The molecule has 0 aromatic heterocycles. The van der Waals surface area contributed by atoms with Crippen molar-refractivity contribution in [2.24, 2.45) is 35.5 Å². The smallest absolute Gasteiger partial charge is 0.171 e. The summed E-state index contributed by atoms with van der Waals surface area (Å²) in [4.78, 5) is 0. The van der Waals surface area contributed by atoms with Crippen LogP contribution in [0.1, 0.15) is 86.0 Å². The van der Waals surface area contributed by atoms with Crippen LogP contribution < -0.4 is 0 Å². The number of halogens is 3. The van der Waals surface area contributed by atoms with Gasteiger partial charge in [0.25, 0.3) is 0 Å². The van der Waals surface area contributed by atoms with Gasteiger partial charge in [0, 0.05) is 0 Å². The Morgan fingerprint density at radius 3 is 1.61 bits per heavy atom. The van der Waals surface area contributed by atoms with Gasteiger partial charge in [-0.1, -0.05) is 66.7 Å². The Balaban J connectivity index is 0.000000238. The van der Waals surface area contributed by atoms with E-state index in [1.54, 1.807) is 0 Å². The maximum absolute atomic E-state index is 12.4. The van der Waals surface area contributed by atoms with Crippen molar-refractivity contribution in [3.05, 3.63) is 0 Å². The second-order valence-corrected chi connectivity index (χ2v) is 8.69. The molecule has 2 fully saturated rings. The zero-order valence-electron chi connectivity index (χ0n) is 15.8. The minimum absolute atomic E-state index is 0.278. The first kappa shape index (κ1) is 20.8. The number of hydrogen-bond donors (Lipinski definition) is 0. The highest BCUT2D eigenvalue weighted by molar-refractivity contribution is 4.79. The largest absolute Gasteiger partial charge is 0.391 e. The average molecular weight is 335 g/mol. The van der Waals surface area contributed by atoms with Gasteiger partial charge in [0.1, 0.15) is 0 Å². The van der Waals surface area contributed by atoms with Gasteiger partial charge < -0.3 is 0 Å². The summed E-state index contributed by atoms with van der Waals surface area (Å²) in [5, 5.41) is 0. The van der Waals surface area contributed by atoms with Gasteiger partial charge in [-0.05, 0) is 48.9 Å². The van der Waals surface area contributed by atoms with Crippen molar-refractivity contribution in [3.63, 3.8) is 0 Å². The molecule has 0 N–H and O–H groups in total. The molecule has 0 saturated heterocycles. The summed E-state index contributed by atoms with van der Waals surface area (Å²) in [6.45, 7) is 11.2. The zero-order chi connectivity index (χ0) is 17.6. The van der Waals surface area contributed by atoms with Crippen molar-refractivity contribution in [2.45, 2.75) is 92.2 Å². The maximum Gasteiger partial charge on any atom is 0.391 e. The van der Waals surface area contributed by atoms with Gasteiger partial charge in [-0.2, -0.15) is 13.2 Å². The monoisotopic (exact) mass is 334 g/mol. The second-order valence-electron chi connectivity index (χ2n) is 8.69. The van der Waals surface area contributed by atoms with Gasteiger partial charge in [-0.25, -0.2) is 0 Å². The number of alkyl halides is 3. The van der Waals surface area contributed by atoms with Crippen molar-refractivity contribution in [3.8, 4) is 0 Å². The van der Waals surface area contributed by atoms with Crippen LogP contribution in [0.3, 0.4) is 0 Å². The third-order valence-electron chi connectivity index (χ3n) is 6.04. The van der Waals surface area contributed by atoms with Crippen LogP contribution in [0, 0.1) is 35.5 Å². The highest BCUT2D eigenvalue weighted by Gasteiger charge is 2.42. The van der Waals surface area contributed by atoms with E-state index in [0.29, 0.717) is 18.8 Å². The SMILES string of the molecule is CC(C)C1CCC[C@@H](C)C1.CC(C)C1CCC[C@H](C(F)(F)F)C1. The van der Waals surface area contributed by atoms with E-state index < -0.39 is 12.1 Å². The van der Waals surface area contributed by atoms with Crippen molar-refractivity contribution in [1.82, 2.24) is 0 Å². The molecule has 0 spiro atoms. The third-order valence-corrected chi connectivity index (χ3v) is 6.04. The van der Waals surface area contributed by atoms with E-state index in [1.807, 2.05) is 13.8 Å². The molecule has 0 radical (unpaired) electrons. The average Bonchev–Trinajstić information content (AvgIpc) is 2.47. The Morgan fingerprint density at radius 2 is 1.22 bits per heavy atom. The lowest BCUT2D eigenvalue weighted by Gasteiger charge is -2.32. The highest BCUT2D eigenvalue weighted by atomic mass is 19.4. The highest BCUT2D eigenvalue weighted by Crippen LogP contribution is 2.42. The van der Waals surface area contributed by atoms with Gasteiger partial charge >= 0.3 is 6.18 Å². The lowest BCUT2D eigenvalue weighted by atomic mass is 9.76. The van der Waals surface area contributed by atoms with Crippen LogP contribution in [0.15, 0.2) is 0 Å². The van der Waals surface area contributed by atoms with Crippen LogP contribution in [-0.2, 0) is 0 Å². The Kier molecular flexibility index (Phi) is 8.44. The van der Waals surface area contributed by atoms with Crippen LogP contribution in [0.4, 0.5) is 13.2 Å². The number of rotatable bonds is 2. The van der Waals surface area contributed by atoms with Gasteiger partial charge in [0.05, 0.1) is 5.92 Å².